The van der Waals surface area contributed by atoms with E-state index in [-0.39, 0.29) is 0 Å². The van der Waals surface area contributed by atoms with E-state index >= 15 is 0 Å². The van der Waals surface area contributed by atoms with Crippen molar-refractivity contribution in [3.05, 3.63) is 42.2 Å². The van der Waals surface area contributed by atoms with Crippen LogP contribution in [0.15, 0.2) is 36.7 Å². The van der Waals surface area contributed by atoms with Crippen LogP contribution in [0.4, 0.5) is 11.6 Å². The Balaban J connectivity index is 2.04. The fourth-order valence-electron chi connectivity index (χ4n) is 1.51. The minimum atomic E-state index is 0.776. The number of aromatic amines is 1. The van der Waals surface area contributed by atoms with Gasteiger partial charge >= 0.3 is 0 Å². The number of imidazole rings is 1. The number of hydrogen-bond acceptors (Lipinski definition) is 2. The van der Waals surface area contributed by atoms with Gasteiger partial charge in [0.15, 0.2) is 0 Å². The van der Waals surface area contributed by atoms with Crippen molar-refractivity contribution in [2.75, 3.05) is 5.32 Å². The summed E-state index contributed by atoms with van der Waals surface area (Å²) in [4.78, 5) is 7.11. The average molecular weight is 201 g/mol. The van der Waals surface area contributed by atoms with Crippen molar-refractivity contribution in [3.8, 4) is 0 Å². The van der Waals surface area contributed by atoms with Gasteiger partial charge in [-0.3, -0.25) is 0 Å². The molecule has 15 heavy (non-hydrogen) atoms. The van der Waals surface area contributed by atoms with Gasteiger partial charge in [-0.05, 0) is 24.1 Å². The molecule has 1 aromatic carbocycles. The number of rotatable bonds is 4. The van der Waals surface area contributed by atoms with E-state index in [0.29, 0.717) is 0 Å². The maximum Gasteiger partial charge on any atom is 0.204 e. The predicted molar refractivity (Wildman–Crippen MR) is 62.3 cm³/mol. The van der Waals surface area contributed by atoms with Crippen molar-refractivity contribution in [2.45, 2.75) is 19.8 Å². The monoisotopic (exact) mass is 201 g/mol. The van der Waals surface area contributed by atoms with Crippen LogP contribution < -0.4 is 5.32 Å². The maximum atomic E-state index is 4.10. The number of hydrogen-bond donors (Lipinski definition) is 2. The molecule has 0 aliphatic rings. The molecule has 1 aromatic heterocycles. The summed E-state index contributed by atoms with van der Waals surface area (Å²) in [6, 6.07) is 8.45. The van der Waals surface area contributed by atoms with Crippen LogP contribution in [-0.4, -0.2) is 9.97 Å². The van der Waals surface area contributed by atoms with Crippen LogP contribution in [0.3, 0.4) is 0 Å². The first kappa shape index (κ1) is 9.77. The lowest BCUT2D eigenvalue weighted by Crippen LogP contribution is -1.92. The van der Waals surface area contributed by atoms with Gasteiger partial charge in [-0.1, -0.05) is 25.5 Å². The molecular formula is C12H15N3. The quantitative estimate of drug-likeness (QED) is 0.798. The van der Waals surface area contributed by atoms with Gasteiger partial charge in [-0.25, -0.2) is 4.98 Å². The van der Waals surface area contributed by atoms with Gasteiger partial charge in [0, 0.05) is 18.1 Å². The molecule has 3 nitrogen and oxygen atoms in total. The Hall–Kier alpha value is -1.77. The Morgan fingerprint density at radius 2 is 2.07 bits per heavy atom. The fourth-order valence-corrected chi connectivity index (χ4v) is 1.51. The zero-order valence-electron chi connectivity index (χ0n) is 8.83. The van der Waals surface area contributed by atoms with E-state index in [9.17, 15) is 0 Å². The molecule has 2 rings (SSSR count). The maximum absolute atomic E-state index is 4.10. The van der Waals surface area contributed by atoms with Crippen molar-refractivity contribution >= 4 is 11.6 Å². The summed E-state index contributed by atoms with van der Waals surface area (Å²) >= 11 is 0. The molecule has 0 radical (unpaired) electrons. The fraction of sp³-hybridized carbons (Fsp3) is 0.250. The minimum absolute atomic E-state index is 0.776. The molecule has 2 N–H and O–H groups in total. The highest BCUT2D eigenvalue weighted by atomic mass is 15.1. The highest BCUT2D eigenvalue weighted by molar-refractivity contribution is 5.53. The summed E-state index contributed by atoms with van der Waals surface area (Å²) < 4.78 is 0. The topological polar surface area (TPSA) is 40.7 Å². The Morgan fingerprint density at radius 3 is 2.67 bits per heavy atom. The summed E-state index contributed by atoms with van der Waals surface area (Å²) in [5, 5.41) is 3.19. The molecular weight excluding hydrogens is 186 g/mol. The Bertz CT molecular complexity index is 389. The number of benzene rings is 1. The van der Waals surface area contributed by atoms with E-state index in [4.69, 9.17) is 0 Å². The van der Waals surface area contributed by atoms with Crippen LogP contribution in [0.5, 0.6) is 0 Å². The lowest BCUT2D eigenvalue weighted by molar-refractivity contribution is 0.922. The van der Waals surface area contributed by atoms with Gasteiger partial charge in [0.05, 0.1) is 0 Å². The first-order valence-corrected chi connectivity index (χ1v) is 5.24. The molecule has 0 unspecified atom stereocenters. The molecule has 0 fully saturated rings. The van der Waals surface area contributed by atoms with Crippen molar-refractivity contribution in [1.29, 1.82) is 0 Å². The molecule has 0 saturated carbocycles. The summed E-state index contributed by atoms with van der Waals surface area (Å²) in [5.74, 6) is 0.776. The molecule has 1 heterocycles. The number of aromatic nitrogens is 2. The van der Waals surface area contributed by atoms with Crippen LogP contribution in [0.1, 0.15) is 18.9 Å². The Kier molecular flexibility index (Phi) is 3.02. The number of aryl methyl sites for hydroxylation is 1. The second-order valence-electron chi connectivity index (χ2n) is 3.51. The second-order valence-corrected chi connectivity index (χ2v) is 3.51. The highest BCUT2D eigenvalue weighted by Gasteiger charge is 1.96. The third kappa shape index (κ3) is 2.59. The van der Waals surface area contributed by atoms with E-state index in [0.717, 1.165) is 18.1 Å². The van der Waals surface area contributed by atoms with Crippen LogP contribution in [0.25, 0.3) is 0 Å². The molecule has 0 amide bonds. The van der Waals surface area contributed by atoms with E-state index in [2.05, 4.69) is 46.5 Å². The zero-order valence-corrected chi connectivity index (χ0v) is 8.83. The van der Waals surface area contributed by atoms with Gasteiger partial charge in [0.25, 0.3) is 0 Å². The van der Waals surface area contributed by atoms with Crippen molar-refractivity contribution in [1.82, 2.24) is 9.97 Å². The molecule has 0 saturated heterocycles. The lowest BCUT2D eigenvalue weighted by atomic mass is 10.1. The zero-order chi connectivity index (χ0) is 10.5. The molecule has 78 valence electrons. The summed E-state index contributed by atoms with van der Waals surface area (Å²) in [5.41, 5.74) is 2.44. The largest absolute Gasteiger partial charge is 0.331 e. The normalized spacial score (nSPS) is 10.2. The first-order chi connectivity index (χ1) is 7.38. The molecule has 0 spiro atoms. The lowest BCUT2D eigenvalue weighted by Gasteiger charge is -2.04. The van der Waals surface area contributed by atoms with Gasteiger partial charge in [0.1, 0.15) is 0 Å². The van der Waals surface area contributed by atoms with Crippen molar-refractivity contribution < 1.29 is 0 Å². The number of nitrogens with one attached hydrogen (secondary N) is 2. The molecule has 0 atom stereocenters. The Labute approximate surface area is 89.6 Å². The van der Waals surface area contributed by atoms with Gasteiger partial charge in [0.2, 0.25) is 5.95 Å². The van der Waals surface area contributed by atoms with E-state index < -0.39 is 0 Å². The first-order valence-electron chi connectivity index (χ1n) is 5.24. The smallest absolute Gasteiger partial charge is 0.204 e. The summed E-state index contributed by atoms with van der Waals surface area (Å²) in [7, 11) is 0. The van der Waals surface area contributed by atoms with E-state index in [1.54, 1.807) is 12.4 Å². The van der Waals surface area contributed by atoms with Gasteiger partial charge in [-0.15, -0.1) is 0 Å². The number of anilines is 2. The number of H-pyrrole nitrogens is 1. The van der Waals surface area contributed by atoms with Crippen LogP contribution in [0, 0.1) is 0 Å². The molecule has 3 heteroatoms. The molecule has 0 bridgehead atoms. The minimum Gasteiger partial charge on any atom is -0.331 e. The SMILES string of the molecule is CCCc1ccc(Nc2ncc[nH]2)cc1. The van der Waals surface area contributed by atoms with Crippen LogP contribution >= 0.6 is 0 Å². The third-order valence-corrected chi connectivity index (χ3v) is 2.25. The van der Waals surface area contributed by atoms with E-state index in [1.807, 2.05) is 0 Å². The molecule has 2 aromatic rings. The van der Waals surface area contributed by atoms with Crippen LogP contribution in [-0.2, 0) is 6.42 Å². The molecule has 0 aliphatic heterocycles. The van der Waals surface area contributed by atoms with Crippen molar-refractivity contribution in [2.24, 2.45) is 0 Å². The third-order valence-electron chi connectivity index (χ3n) is 2.25. The predicted octanol–water partition coefficient (Wildman–Crippen LogP) is 3.11. The Morgan fingerprint density at radius 1 is 1.27 bits per heavy atom. The number of nitrogens with zero attached hydrogens (tertiary/aromatic N) is 1. The standard InChI is InChI=1S/C12H15N3/c1-2-3-10-4-6-11(7-5-10)15-12-13-8-9-14-12/h4-9H,2-3H2,1H3,(H2,13,14,15). The van der Waals surface area contributed by atoms with Gasteiger partial charge < -0.3 is 10.3 Å². The summed E-state index contributed by atoms with van der Waals surface area (Å²) in [6.45, 7) is 2.19. The van der Waals surface area contributed by atoms with Crippen LogP contribution in [0.2, 0.25) is 0 Å². The summed E-state index contributed by atoms with van der Waals surface area (Å²) in [6.07, 6.45) is 5.85. The highest BCUT2D eigenvalue weighted by Crippen LogP contribution is 2.14. The van der Waals surface area contributed by atoms with E-state index in [1.165, 1.54) is 12.0 Å². The second kappa shape index (κ2) is 4.64. The average Bonchev–Trinajstić information content (AvgIpc) is 2.74. The van der Waals surface area contributed by atoms with Gasteiger partial charge in [-0.2, -0.15) is 0 Å². The van der Waals surface area contributed by atoms with Crippen molar-refractivity contribution in [3.63, 3.8) is 0 Å². The molecule has 0 aliphatic carbocycles.